The summed E-state index contributed by atoms with van der Waals surface area (Å²) in [5.74, 6) is -0.273. The van der Waals surface area contributed by atoms with Crippen molar-refractivity contribution in [2.45, 2.75) is 32.5 Å². The summed E-state index contributed by atoms with van der Waals surface area (Å²) in [6.07, 6.45) is 0.725. The van der Waals surface area contributed by atoms with Crippen LogP contribution < -0.4 is 11.5 Å². The molecule has 0 aliphatic carbocycles. The lowest BCUT2D eigenvalue weighted by Crippen LogP contribution is -2.41. The summed E-state index contributed by atoms with van der Waals surface area (Å²) in [4.78, 5) is 13.2. The first-order valence-electron chi connectivity index (χ1n) is 5.86. The fourth-order valence-electron chi connectivity index (χ4n) is 1.98. The fourth-order valence-corrected chi connectivity index (χ4v) is 1.98. The van der Waals surface area contributed by atoms with Crippen molar-refractivity contribution in [2.24, 2.45) is 11.5 Å². The van der Waals surface area contributed by atoms with Crippen LogP contribution in [0.4, 0.5) is 0 Å². The second kappa shape index (κ2) is 6.37. The quantitative estimate of drug-likeness (QED) is 0.767. The summed E-state index contributed by atoms with van der Waals surface area (Å²) >= 11 is 0. The summed E-state index contributed by atoms with van der Waals surface area (Å²) in [5.41, 5.74) is 13.2. The van der Waals surface area contributed by atoms with Gasteiger partial charge in [0.25, 0.3) is 0 Å². The summed E-state index contributed by atoms with van der Waals surface area (Å²) in [7, 11) is 1.91. The van der Waals surface area contributed by atoms with Crippen molar-refractivity contribution in [3.05, 3.63) is 35.4 Å². The fraction of sp³-hybridized carbons (Fsp3) is 0.462. The normalized spacial score (nSPS) is 12.7. The molecule has 0 fully saturated rings. The first-order chi connectivity index (χ1) is 8.08. The molecule has 1 aromatic carbocycles. The van der Waals surface area contributed by atoms with Crippen molar-refractivity contribution >= 4 is 5.91 Å². The third-order valence-electron chi connectivity index (χ3n) is 2.91. The number of carbonyl (C=O) groups excluding carboxylic acids is 1. The van der Waals surface area contributed by atoms with Crippen LogP contribution in [-0.2, 0) is 17.9 Å². The topological polar surface area (TPSA) is 72.4 Å². The highest BCUT2D eigenvalue weighted by atomic mass is 16.1. The van der Waals surface area contributed by atoms with Gasteiger partial charge in [0.1, 0.15) is 0 Å². The molecule has 0 aromatic heterocycles. The minimum atomic E-state index is -0.273. The highest BCUT2D eigenvalue weighted by Gasteiger charge is 2.18. The van der Waals surface area contributed by atoms with Gasteiger partial charge in [-0.05, 0) is 24.6 Å². The van der Waals surface area contributed by atoms with E-state index in [0.29, 0.717) is 13.1 Å². The van der Waals surface area contributed by atoms with E-state index in [1.807, 2.05) is 37.1 Å². The highest BCUT2D eigenvalue weighted by molar-refractivity contribution is 5.79. The third kappa shape index (κ3) is 3.84. The van der Waals surface area contributed by atoms with Crippen LogP contribution in [0.1, 0.15) is 24.5 Å². The lowest BCUT2D eigenvalue weighted by Gasteiger charge is -2.24. The number of nitrogens with zero attached hydrogens (tertiary/aromatic N) is 1. The number of nitrogens with two attached hydrogens (primary N) is 2. The maximum atomic E-state index is 11.2. The van der Waals surface area contributed by atoms with Gasteiger partial charge in [0.05, 0.1) is 6.04 Å². The van der Waals surface area contributed by atoms with Gasteiger partial charge in [-0.25, -0.2) is 0 Å². The molecule has 1 unspecified atom stereocenters. The Morgan fingerprint density at radius 2 is 2.06 bits per heavy atom. The predicted molar refractivity (Wildman–Crippen MR) is 69.1 cm³/mol. The molecule has 4 nitrogen and oxygen atoms in total. The average molecular weight is 235 g/mol. The average Bonchev–Trinajstić information content (AvgIpc) is 2.29. The molecule has 0 bridgehead atoms. The SMILES string of the molecule is CCC(C(N)=O)N(C)Cc1cccc(CN)c1. The van der Waals surface area contributed by atoms with E-state index in [2.05, 4.69) is 6.07 Å². The molecule has 1 aromatic rings. The van der Waals surface area contributed by atoms with E-state index in [4.69, 9.17) is 11.5 Å². The molecule has 0 spiro atoms. The Labute approximate surface area is 103 Å². The number of hydrogen-bond donors (Lipinski definition) is 2. The van der Waals surface area contributed by atoms with E-state index >= 15 is 0 Å². The second-order valence-corrected chi connectivity index (χ2v) is 4.27. The van der Waals surface area contributed by atoms with Gasteiger partial charge < -0.3 is 11.5 Å². The van der Waals surface area contributed by atoms with E-state index < -0.39 is 0 Å². The lowest BCUT2D eigenvalue weighted by atomic mass is 10.1. The lowest BCUT2D eigenvalue weighted by molar-refractivity contribution is -0.123. The van der Waals surface area contributed by atoms with Crippen molar-refractivity contribution in [1.29, 1.82) is 0 Å². The summed E-state index contributed by atoms with van der Waals surface area (Å²) in [5, 5.41) is 0. The van der Waals surface area contributed by atoms with Crippen molar-refractivity contribution in [3.8, 4) is 0 Å². The second-order valence-electron chi connectivity index (χ2n) is 4.27. The van der Waals surface area contributed by atoms with E-state index in [1.54, 1.807) is 0 Å². The maximum absolute atomic E-state index is 11.2. The van der Waals surface area contributed by atoms with Crippen molar-refractivity contribution in [1.82, 2.24) is 4.90 Å². The molecule has 0 saturated heterocycles. The van der Waals surface area contributed by atoms with Gasteiger partial charge in [0, 0.05) is 13.1 Å². The first kappa shape index (κ1) is 13.7. The van der Waals surface area contributed by atoms with Crippen LogP contribution in [0.25, 0.3) is 0 Å². The number of likely N-dealkylation sites (N-methyl/N-ethyl adjacent to an activating group) is 1. The van der Waals surface area contributed by atoms with Crippen LogP contribution >= 0.6 is 0 Å². The number of primary amides is 1. The Bertz CT molecular complexity index is 379. The Hall–Kier alpha value is -1.39. The molecule has 1 amide bonds. The molecule has 1 atom stereocenters. The molecular formula is C13H21N3O. The van der Waals surface area contributed by atoms with E-state index in [1.165, 1.54) is 0 Å². The van der Waals surface area contributed by atoms with Gasteiger partial charge in [-0.1, -0.05) is 31.2 Å². The summed E-state index contributed by atoms with van der Waals surface area (Å²) in [6.45, 7) is 3.20. The summed E-state index contributed by atoms with van der Waals surface area (Å²) < 4.78 is 0. The molecule has 0 saturated carbocycles. The van der Waals surface area contributed by atoms with E-state index in [9.17, 15) is 4.79 Å². The van der Waals surface area contributed by atoms with Gasteiger partial charge in [-0.15, -0.1) is 0 Å². The molecule has 0 radical (unpaired) electrons. The molecular weight excluding hydrogens is 214 g/mol. The Kier molecular flexibility index (Phi) is 5.12. The van der Waals surface area contributed by atoms with Crippen molar-refractivity contribution < 1.29 is 4.79 Å². The van der Waals surface area contributed by atoms with Crippen molar-refractivity contribution in [3.63, 3.8) is 0 Å². The van der Waals surface area contributed by atoms with Gasteiger partial charge in [0.2, 0.25) is 5.91 Å². The molecule has 0 heterocycles. The third-order valence-corrected chi connectivity index (χ3v) is 2.91. The zero-order valence-corrected chi connectivity index (χ0v) is 10.5. The van der Waals surface area contributed by atoms with Crippen LogP contribution in [0.5, 0.6) is 0 Å². The number of carbonyl (C=O) groups is 1. The van der Waals surface area contributed by atoms with Crippen LogP contribution in [0.2, 0.25) is 0 Å². The van der Waals surface area contributed by atoms with Crippen LogP contribution in [-0.4, -0.2) is 23.9 Å². The van der Waals surface area contributed by atoms with Crippen LogP contribution in [0.15, 0.2) is 24.3 Å². The number of rotatable bonds is 6. The van der Waals surface area contributed by atoms with Gasteiger partial charge in [-0.2, -0.15) is 0 Å². The maximum Gasteiger partial charge on any atom is 0.234 e. The molecule has 4 N–H and O–H groups in total. The molecule has 0 aliphatic heterocycles. The zero-order valence-electron chi connectivity index (χ0n) is 10.5. The minimum Gasteiger partial charge on any atom is -0.368 e. The molecule has 4 heteroatoms. The smallest absolute Gasteiger partial charge is 0.234 e. The van der Waals surface area contributed by atoms with Gasteiger partial charge >= 0.3 is 0 Å². The highest BCUT2D eigenvalue weighted by Crippen LogP contribution is 2.10. The van der Waals surface area contributed by atoms with Crippen LogP contribution in [0, 0.1) is 0 Å². The Morgan fingerprint density at radius 1 is 1.41 bits per heavy atom. The molecule has 0 aliphatic rings. The van der Waals surface area contributed by atoms with E-state index in [0.717, 1.165) is 17.5 Å². The molecule has 17 heavy (non-hydrogen) atoms. The van der Waals surface area contributed by atoms with E-state index in [-0.39, 0.29) is 11.9 Å². The summed E-state index contributed by atoms with van der Waals surface area (Å²) in [6, 6.07) is 7.86. The van der Waals surface area contributed by atoms with Crippen LogP contribution in [0.3, 0.4) is 0 Å². The molecule has 1 rings (SSSR count). The Balaban J connectivity index is 2.72. The molecule has 94 valence electrons. The van der Waals surface area contributed by atoms with Crippen molar-refractivity contribution in [2.75, 3.05) is 7.05 Å². The standard InChI is InChI=1S/C13H21N3O/c1-3-12(13(15)17)16(2)9-11-6-4-5-10(7-11)8-14/h4-7,12H,3,8-9,14H2,1-2H3,(H2,15,17). The number of amides is 1. The van der Waals surface area contributed by atoms with Gasteiger partial charge in [-0.3, -0.25) is 9.69 Å². The van der Waals surface area contributed by atoms with Gasteiger partial charge in [0.15, 0.2) is 0 Å². The minimum absolute atomic E-state index is 0.212. The first-order valence-corrected chi connectivity index (χ1v) is 5.86. The Morgan fingerprint density at radius 3 is 2.59 bits per heavy atom. The zero-order chi connectivity index (χ0) is 12.8. The number of hydrogen-bond acceptors (Lipinski definition) is 3. The predicted octanol–water partition coefficient (Wildman–Crippen LogP) is 0.841. The largest absolute Gasteiger partial charge is 0.368 e. The number of benzene rings is 1. The monoisotopic (exact) mass is 235 g/mol.